The highest BCUT2D eigenvalue weighted by atomic mass is 32.1. The minimum atomic E-state index is -0.524. The number of fused-ring (bicyclic) bond motifs is 1. The van der Waals surface area contributed by atoms with Crippen LogP contribution in [0.1, 0.15) is 72.2 Å². The molecule has 3 rings (SSSR count). The van der Waals surface area contributed by atoms with E-state index in [1.54, 1.807) is 0 Å². The monoisotopic (exact) mass is 378 g/mol. The predicted octanol–water partition coefficient (Wildman–Crippen LogP) is 3.18. The average Bonchev–Trinajstić information content (AvgIpc) is 3.19. The van der Waals surface area contributed by atoms with Gasteiger partial charge in [0.2, 0.25) is 0 Å². The van der Waals surface area contributed by atoms with Crippen LogP contribution in [0.4, 0.5) is 5.00 Å². The number of nitrogens with one attached hydrogen (secondary N) is 1. The zero-order valence-corrected chi connectivity index (χ0v) is 15.8. The molecule has 1 aromatic rings. The Labute approximate surface area is 157 Å². The number of ether oxygens (including phenoxy) is 1. The number of hydrogen-bond donors (Lipinski definition) is 2. The summed E-state index contributed by atoms with van der Waals surface area (Å²) in [6.07, 6.45) is 10.1. The molecule has 0 unspecified atom stereocenters. The van der Waals surface area contributed by atoms with Crippen LogP contribution in [-0.4, -0.2) is 24.4 Å². The molecule has 142 valence electrons. The first-order valence-electron chi connectivity index (χ1n) is 9.44. The van der Waals surface area contributed by atoms with E-state index in [0.717, 1.165) is 36.1 Å². The first kappa shape index (κ1) is 18.9. The van der Waals surface area contributed by atoms with Gasteiger partial charge in [0.25, 0.3) is 11.8 Å². The Kier molecular flexibility index (Phi) is 6.29. The maximum absolute atomic E-state index is 12.1. The number of esters is 1. The summed E-state index contributed by atoms with van der Waals surface area (Å²) in [4.78, 5) is 36.8. The normalized spacial score (nSPS) is 16.9. The quantitative estimate of drug-likeness (QED) is 0.712. The van der Waals surface area contributed by atoms with E-state index < -0.39 is 11.8 Å². The van der Waals surface area contributed by atoms with E-state index in [4.69, 9.17) is 10.5 Å². The third-order valence-electron chi connectivity index (χ3n) is 5.27. The number of carbonyl (C=O) groups is 3. The molecule has 0 aromatic carbocycles. The smallest absolute Gasteiger partial charge is 0.306 e. The second kappa shape index (κ2) is 8.66. The predicted molar refractivity (Wildman–Crippen MR) is 100 cm³/mol. The van der Waals surface area contributed by atoms with Crippen LogP contribution < -0.4 is 11.1 Å². The minimum absolute atomic E-state index is 0.329. The second-order valence-electron chi connectivity index (χ2n) is 7.18. The van der Waals surface area contributed by atoms with Crippen LogP contribution in [-0.2, 0) is 27.2 Å². The SMILES string of the molecule is NC(=O)c1c(NC(=O)COC(=O)CCC2CCCCC2)sc2c1CCC2. The van der Waals surface area contributed by atoms with E-state index in [2.05, 4.69) is 5.32 Å². The molecular formula is C19H26N2O4S. The van der Waals surface area contributed by atoms with Crippen molar-refractivity contribution in [3.8, 4) is 0 Å². The number of rotatable bonds is 7. The van der Waals surface area contributed by atoms with Gasteiger partial charge in [0.05, 0.1) is 5.56 Å². The zero-order valence-electron chi connectivity index (χ0n) is 15.0. The van der Waals surface area contributed by atoms with Crippen molar-refractivity contribution in [1.29, 1.82) is 0 Å². The number of thiophene rings is 1. The highest BCUT2D eigenvalue weighted by molar-refractivity contribution is 7.17. The largest absolute Gasteiger partial charge is 0.456 e. The van der Waals surface area contributed by atoms with E-state index in [1.807, 2.05) is 0 Å². The summed E-state index contributed by atoms with van der Waals surface area (Å²) in [5.74, 6) is -0.686. The molecule has 0 bridgehead atoms. The molecule has 2 aliphatic carbocycles. The molecule has 0 aliphatic heterocycles. The lowest BCUT2D eigenvalue weighted by molar-refractivity contribution is -0.147. The Balaban J connectivity index is 1.45. The van der Waals surface area contributed by atoms with E-state index >= 15 is 0 Å². The van der Waals surface area contributed by atoms with Crippen LogP contribution in [0.2, 0.25) is 0 Å². The fourth-order valence-electron chi connectivity index (χ4n) is 3.93. The topological polar surface area (TPSA) is 98.5 Å². The summed E-state index contributed by atoms with van der Waals surface area (Å²) < 4.78 is 5.08. The van der Waals surface area contributed by atoms with Crippen LogP contribution in [0.15, 0.2) is 0 Å². The van der Waals surface area contributed by atoms with Crippen molar-refractivity contribution in [2.45, 2.75) is 64.2 Å². The fraction of sp³-hybridized carbons (Fsp3) is 0.632. The molecule has 0 saturated heterocycles. The molecule has 1 heterocycles. The van der Waals surface area contributed by atoms with Gasteiger partial charge in [-0.3, -0.25) is 14.4 Å². The van der Waals surface area contributed by atoms with Crippen molar-refractivity contribution in [3.05, 3.63) is 16.0 Å². The van der Waals surface area contributed by atoms with Crippen LogP contribution in [0, 0.1) is 5.92 Å². The lowest BCUT2D eigenvalue weighted by Crippen LogP contribution is -2.23. The highest BCUT2D eigenvalue weighted by Gasteiger charge is 2.26. The molecule has 0 atom stereocenters. The van der Waals surface area contributed by atoms with E-state index in [1.165, 1.54) is 43.4 Å². The first-order chi connectivity index (χ1) is 12.5. The van der Waals surface area contributed by atoms with Gasteiger partial charge >= 0.3 is 5.97 Å². The summed E-state index contributed by atoms with van der Waals surface area (Å²) in [6, 6.07) is 0. The number of nitrogens with two attached hydrogens (primary N) is 1. The molecule has 2 amide bonds. The van der Waals surface area contributed by atoms with Gasteiger partial charge in [0.15, 0.2) is 6.61 Å². The Bertz CT molecular complexity index is 692. The molecule has 3 N–H and O–H groups in total. The summed E-state index contributed by atoms with van der Waals surface area (Å²) in [5, 5.41) is 3.16. The van der Waals surface area contributed by atoms with Crippen molar-refractivity contribution < 1.29 is 19.1 Å². The number of hydrogen-bond acceptors (Lipinski definition) is 5. The van der Waals surface area contributed by atoms with Gasteiger partial charge < -0.3 is 15.8 Å². The third kappa shape index (κ3) is 4.63. The summed E-state index contributed by atoms with van der Waals surface area (Å²) in [7, 11) is 0. The standard InChI is InChI=1S/C19H26N2O4S/c20-18(24)17-13-7-4-8-14(13)26-19(17)21-15(22)11-25-16(23)10-9-12-5-2-1-3-6-12/h12H,1-11H2,(H2,20,24)(H,21,22). The van der Waals surface area contributed by atoms with Gasteiger partial charge in [-0.15, -0.1) is 11.3 Å². The molecule has 1 aromatic heterocycles. The first-order valence-corrected chi connectivity index (χ1v) is 10.3. The molecule has 0 radical (unpaired) electrons. The molecule has 1 fully saturated rings. The van der Waals surface area contributed by atoms with E-state index in [9.17, 15) is 14.4 Å². The number of carbonyl (C=O) groups excluding carboxylic acids is 3. The van der Waals surface area contributed by atoms with Gasteiger partial charge in [0, 0.05) is 11.3 Å². The van der Waals surface area contributed by atoms with Crippen LogP contribution in [0.25, 0.3) is 0 Å². The van der Waals surface area contributed by atoms with Crippen molar-refractivity contribution in [2.24, 2.45) is 11.7 Å². The van der Waals surface area contributed by atoms with Crippen LogP contribution >= 0.6 is 11.3 Å². The fourth-order valence-corrected chi connectivity index (χ4v) is 5.24. The highest BCUT2D eigenvalue weighted by Crippen LogP contribution is 2.38. The molecule has 0 spiro atoms. The Morgan fingerprint density at radius 3 is 2.62 bits per heavy atom. The molecule has 7 heteroatoms. The summed E-state index contributed by atoms with van der Waals surface area (Å²) in [6.45, 7) is -0.329. The zero-order chi connectivity index (χ0) is 18.5. The maximum atomic E-state index is 12.1. The van der Waals surface area contributed by atoms with Gasteiger partial charge in [-0.2, -0.15) is 0 Å². The Morgan fingerprint density at radius 1 is 1.12 bits per heavy atom. The second-order valence-corrected chi connectivity index (χ2v) is 8.28. The van der Waals surface area contributed by atoms with E-state index in [-0.39, 0.29) is 12.6 Å². The van der Waals surface area contributed by atoms with E-state index in [0.29, 0.717) is 22.9 Å². The van der Waals surface area contributed by atoms with Crippen molar-refractivity contribution in [1.82, 2.24) is 0 Å². The summed E-state index contributed by atoms with van der Waals surface area (Å²) in [5.41, 5.74) is 6.85. The van der Waals surface area contributed by atoms with Gasteiger partial charge in [-0.1, -0.05) is 32.1 Å². The number of anilines is 1. The molecule has 1 saturated carbocycles. The van der Waals surface area contributed by atoms with Gasteiger partial charge in [-0.05, 0) is 37.2 Å². The van der Waals surface area contributed by atoms with Gasteiger partial charge in [0.1, 0.15) is 5.00 Å². The molecule has 6 nitrogen and oxygen atoms in total. The van der Waals surface area contributed by atoms with Crippen LogP contribution in [0.5, 0.6) is 0 Å². The molecule has 2 aliphatic rings. The van der Waals surface area contributed by atoms with Crippen molar-refractivity contribution in [2.75, 3.05) is 11.9 Å². The minimum Gasteiger partial charge on any atom is -0.456 e. The van der Waals surface area contributed by atoms with Gasteiger partial charge in [-0.25, -0.2) is 0 Å². The Morgan fingerprint density at radius 2 is 1.88 bits per heavy atom. The third-order valence-corrected chi connectivity index (χ3v) is 6.47. The number of amides is 2. The van der Waals surface area contributed by atoms with Crippen LogP contribution in [0.3, 0.4) is 0 Å². The maximum Gasteiger partial charge on any atom is 0.306 e. The molecular weight excluding hydrogens is 352 g/mol. The Hall–Kier alpha value is -1.89. The molecule has 26 heavy (non-hydrogen) atoms. The lowest BCUT2D eigenvalue weighted by Gasteiger charge is -2.20. The summed E-state index contributed by atoms with van der Waals surface area (Å²) >= 11 is 1.40. The lowest BCUT2D eigenvalue weighted by atomic mass is 9.86. The number of aryl methyl sites for hydroxylation is 1. The number of primary amides is 1. The van der Waals surface area contributed by atoms with Crippen molar-refractivity contribution in [3.63, 3.8) is 0 Å². The van der Waals surface area contributed by atoms with Crippen molar-refractivity contribution >= 4 is 34.1 Å². The average molecular weight is 378 g/mol.